The van der Waals surface area contributed by atoms with Gasteiger partial charge in [-0.25, -0.2) is 4.79 Å². The summed E-state index contributed by atoms with van der Waals surface area (Å²) in [7, 11) is 0. The predicted molar refractivity (Wildman–Crippen MR) is 116 cm³/mol. The number of amides is 2. The Morgan fingerprint density at radius 1 is 0.906 bits per heavy atom. The van der Waals surface area contributed by atoms with E-state index in [0.717, 1.165) is 38.5 Å². The molecule has 8 nitrogen and oxygen atoms in total. The van der Waals surface area contributed by atoms with Gasteiger partial charge in [0.1, 0.15) is 0 Å². The third-order valence-electron chi connectivity index (χ3n) is 5.86. The number of benzene rings is 2. The molecule has 2 aromatic rings. The standard InChI is InChI=1S/C24H24N2O6/c27-21(25-18-9-10-19-20(13-18)32-24(31-19)11-1-2-12-24)14-30-23(29)16-5-7-17(8-6-16)26-22(28)15-3-4-15/h5-10,13,15H,1-4,11-12,14H2,(H,25,27)(H,26,28). The number of rotatable bonds is 6. The molecule has 5 rings (SSSR count). The smallest absolute Gasteiger partial charge is 0.338 e. The van der Waals surface area contributed by atoms with Gasteiger partial charge in [0.2, 0.25) is 5.91 Å². The Balaban J connectivity index is 1.11. The van der Waals surface area contributed by atoms with Crippen molar-refractivity contribution in [2.45, 2.75) is 44.3 Å². The average molecular weight is 436 g/mol. The van der Waals surface area contributed by atoms with Gasteiger partial charge in [-0.2, -0.15) is 0 Å². The molecule has 2 aliphatic carbocycles. The highest BCUT2D eigenvalue weighted by molar-refractivity contribution is 5.97. The van der Waals surface area contributed by atoms with Gasteiger partial charge in [-0.15, -0.1) is 0 Å². The molecule has 0 radical (unpaired) electrons. The van der Waals surface area contributed by atoms with Crippen LogP contribution in [0.1, 0.15) is 48.9 Å². The molecule has 8 heteroatoms. The van der Waals surface area contributed by atoms with Crippen molar-refractivity contribution in [3.05, 3.63) is 48.0 Å². The first-order chi connectivity index (χ1) is 15.5. The molecular formula is C24H24N2O6. The third-order valence-corrected chi connectivity index (χ3v) is 5.86. The molecule has 0 aromatic heterocycles. The van der Waals surface area contributed by atoms with Crippen molar-refractivity contribution in [2.24, 2.45) is 5.92 Å². The van der Waals surface area contributed by atoms with Gasteiger partial charge in [0, 0.05) is 36.2 Å². The van der Waals surface area contributed by atoms with Crippen molar-refractivity contribution in [3.8, 4) is 11.5 Å². The molecule has 32 heavy (non-hydrogen) atoms. The zero-order chi connectivity index (χ0) is 22.1. The number of anilines is 2. The molecule has 2 amide bonds. The lowest BCUT2D eigenvalue weighted by atomic mass is 10.2. The predicted octanol–water partition coefficient (Wildman–Crippen LogP) is 3.87. The van der Waals surface area contributed by atoms with Gasteiger partial charge in [0.15, 0.2) is 18.1 Å². The Morgan fingerprint density at radius 2 is 1.59 bits per heavy atom. The van der Waals surface area contributed by atoms with Gasteiger partial charge in [-0.3, -0.25) is 9.59 Å². The zero-order valence-electron chi connectivity index (χ0n) is 17.5. The number of esters is 1. The Labute approximate surface area is 185 Å². The van der Waals surface area contributed by atoms with Crippen LogP contribution >= 0.6 is 0 Å². The second-order valence-electron chi connectivity index (χ2n) is 8.45. The summed E-state index contributed by atoms with van der Waals surface area (Å²) < 4.78 is 17.1. The number of carbonyl (C=O) groups excluding carboxylic acids is 3. The Kier molecular flexibility index (Phi) is 5.20. The van der Waals surface area contributed by atoms with Crippen LogP contribution < -0.4 is 20.1 Å². The van der Waals surface area contributed by atoms with Gasteiger partial charge < -0.3 is 24.8 Å². The number of nitrogens with one attached hydrogen (secondary N) is 2. The van der Waals surface area contributed by atoms with Crippen molar-refractivity contribution < 1.29 is 28.6 Å². The fourth-order valence-corrected chi connectivity index (χ4v) is 3.98. The third kappa shape index (κ3) is 4.39. The maximum atomic E-state index is 12.2. The molecule has 0 bridgehead atoms. The molecular weight excluding hydrogens is 412 g/mol. The molecule has 2 aromatic carbocycles. The first-order valence-corrected chi connectivity index (χ1v) is 10.9. The van der Waals surface area contributed by atoms with Crippen molar-refractivity contribution in [1.29, 1.82) is 0 Å². The van der Waals surface area contributed by atoms with E-state index >= 15 is 0 Å². The van der Waals surface area contributed by atoms with E-state index in [9.17, 15) is 14.4 Å². The van der Waals surface area contributed by atoms with E-state index in [2.05, 4.69) is 10.6 Å². The first kappa shape index (κ1) is 20.4. The number of carbonyl (C=O) groups is 3. The maximum Gasteiger partial charge on any atom is 0.338 e. The quantitative estimate of drug-likeness (QED) is 0.667. The van der Waals surface area contributed by atoms with Gasteiger partial charge in [0.25, 0.3) is 11.7 Å². The lowest BCUT2D eigenvalue weighted by Gasteiger charge is -2.21. The highest BCUT2D eigenvalue weighted by Gasteiger charge is 2.44. The molecule has 1 spiro atoms. The van der Waals surface area contributed by atoms with E-state index in [0.29, 0.717) is 28.4 Å². The molecule has 0 atom stereocenters. The van der Waals surface area contributed by atoms with E-state index < -0.39 is 24.3 Å². The van der Waals surface area contributed by atoms with Crippen LogP contribution in [0.15, 0.2) is 42.5 Å². The van der Waals surface area contributed by atoms with E-state index in [1.807, 2.05) is 0 Å². The lowest BCUT2D eigenvalue weighted by molar-refractivity contribution is -0.119. The van der Waals surface area contributed by atoms with Crippen LogP contribution in [0.25, 0.3) is 0 Å². The highest BCUT2D eigenvalue weighted by Crippen LogP contribution is 2.47. The summed E-state index contributed by atoms with van der Waals surface area (Å²) in [5, 5.41) is 5.51. The summed E-state index contributed by atoms with van der Waals surface area (Å²) in [5.41, 5.74) is 1.46. The number of fused-ring (bicyclic) bond motifs is 1. The second-order valence-corrected chi connectivity index (χ2v) is 8.45. The fourth-order valence-electron chi connectivity index (χ4n) is 3.98. The van der Waals surface area contributed by atoms with Crippen molar-refractivity contribution in [1.82, 2.24) is 0 Å². The van der Waals surface area contributed by atoms with E-state index in [1.54, 1.807) is 42.5 Å². The monoisotopic (exact) mass is 436 g/mol. The van der Waals surface area contributed by atoms with Gasteiger partial charge in [-0.05, 0) is 62.1 Å². The molecule has 2 saturated carbocycles. The van der Waals surface area contributed by atoms with Gasteiger partial charge >= 0.3 is 5.97 Å². The first-order valence-electron chi connectivity index (χ1n) is 10.9. The van der Waals surface area contributed by atoms with Crippen molar-refractivity contribution in [3.63, 3.8) is 0 Å². The Hall–Kier alpha value is -3.55. The second kappa shape index (κ2) is 8.18. The normalized spacial score (nSPS) is 17.8. The van der Waals surface area contributed by atoms with Crippen LogP contribution in [-0.4, -0.2) is 30.2 Å². The van der Waals surface area contributed by atoms with E-state index in [1.165, 1.54) is 0 Å². The highest BCUT2D eigenvalue weighted by atomic mass is 16.7. The number of ether oxygens (including phenoxy) is 3. The van der Waals surface area contributed by atoms with E-state index in [-0.39, 0.29) is 11.8 Å². The van der Waals surface area contributed by atoms with Crippen LogP contribution in [0.4, 0.5) is 11.4 Å². The molecule has 2 N–H and O–H groups in total. The SMILES string of the molecule is O=C(COC(=O)c1ccc(NC(=O)C2CC2)cc1)Nc1ccc2c(c1)OC1(CCCC1)O2. The molecule has 1 aliphatic heterocycles. The molecule has 0 unspecified atom stereocenters. The average Bonchev–Trinajstić information content (AvgIpc) is 3.46. The number of hydrogen-bond donors (Lipinski definition) is 2. The van der Waals surface area contributed by atoms with Crippen LogP contribution in [0.2, 0.25) is 0 Å². The minimum absolute atomic E-state index is 0.000994. The van der Waals surface area contributed by atoms with E-state index in [4.69, 9.17) is 14.2 Å². The summed E-state index contributed by atoms with van der Waals surface area (Å²) in [6.07, 6.45) is 5.69. The minimum atomic E-state index is -0.617. The lowest BCUT2D eigenvalue weighted by Crippen LogP contribution is -2.34. The van der Waals surface area contributed by atoms with Crippen molar-refractivity contribution in [2.75, 3.05) is 17.2 Å². The van der Waals surface area contributed by atoms with Gasteiger partial charge in [-0.1, -0.05) is 0 Å². The largest absolute Gasteiger partial charge is 0.452 e. The van der Waals surface area contributed by atoms with Crippen molar-refractivity contribution >= 4 is 29.2 Å². The summed E-state index contributed by atoms with van der Waals surface area (Å²) in [5.74, 6) is -0.249. The summed E-state index contributed by atoms with van der Waals surface area (Å²) in [6.45, 7) is -0.419. The topological polar surface area (TPSA) is 103 Å². The van der Waals surface area contributed by atoms with Gasteiger partial charge in [0.05, 0.1) is 5.56 Å². The van der Waals surface area contributed by atoms with Crippen LogP contribution in [0.5, 0.6) is 11.5 Å². The summed E-state index contributed by atoms with van der Waals surface area (Å²) in [4.78, 5) is 36.2. The zero-order valence-corrected chi connectivity index (χ0v) is 17.5. The minimum Gasteiger partial charge on any atom is -0.452 e. The Morgan fingerprint density at radius 3 is 2.31 bits per heavy atom. The molecule has 1 heterocycles. The fraction of sp³-hybridized carbons (Fsp3) is 0.375. The molecule has 0 saturated heterocycles. The van der Waals surface area contributed by atoms with Crippen LogP contribution in [0, 0.1) is 5.92 Å². The molecule has 2 fully saturated rings. The summed E-state index contributed by atoms with van der Waals surface area (Å²) in [6, 6.07) is 11.6. The summed E-state index contributed by atoms with van der Waals surface area (Å²) >= 11 is 0. The van der Waals surface area contributed by atoms with Crippen LogP contribution in [0.3, 0.4) is 0 Å². The van der Waals surface area contributed by atoms with Crippen LogP contribution in [-0.2, 0) is 14.3 Å². The number of hydrogen-bond acceptors (Lipinski definition) is 6. The maximum absolute atomic E-state index is 12.2. The molecule has 3 aliphatic rings. The molecule has 166 valence electrons. The Bertz CT molecular complexity index is 1050.